The summed E-state index contributed by atoms with van der Waals surface area (Å²) in [5.41, 5.74) is 2.37. The van der Waals surface area contributed by atoms with Crippen molar-refractivity contribution in [2.24, 2.45) is 0 Å². The van der Waals surface area contributed by atoms with Gasteiger partial charge in [-0.2, -0.15) is 0 Å². The molecule has 0 saturated carbocycles. The molecular weight excluding hydrogens is 398 g/mol. The number of anilines is 1. The highest BCUT2D eigenvalue weighted by molar-refractivity contribution is 7.97. The number of carbonyl (C=O) groups excluding carboxylic acids is 2. The predicted octanol–water partition coefficient (Wildman–Crippen LogP) is 4.32. The summed E-state index contributed by atoms with van der Waals surface area (Å²) in [6.07, 6.45) is -0.262. The predicted molar refractivity (Wildman–Crippen MR) is 122 cm³/mol. The molecule has 6 nitrogen and oxygen atoms in total. The zero-order chi connectivity index (χ0) is 21.6. The SMILES string of the molecule is CC(C)(C)OC(=O)N1CCN(c2ccc(C(=O)NSCc3ccccc3)cc2)CC1. The normalized spacial score (nSPS) is 14.4. The molecule has 1 fully saturated rings. The smallest absolute Gasteiger partial charge is 0.410 e. The number of hydrogen-bond donors (Lipinski definition) is 1. The van der Waals surface area contributed by atoms with Gasteiger partial charge in [-0.05, 0) is 62.5 Å². The van der Waals surface area contributed by atoms with Gasteiger partial charge in [0.1, 0.15) is 5.60 Å². The number of ether oxygens (including phenoxy) is 1. The van der Waals surface area contributed by atoms with Gasteiger partial charge in [0.2, 0.25) is 0 Å². The number of rotatable bonds is 5. The molecule has 0 radical (unpaired) electrons. The molecule has 0 aliphatic carbocycles. The maximum Gasteiger partial charge on any atom is 0.410 e. The Balaban J connectivity index is 1.46. The van der Waals surface area contributed by atoms with E-state index in [4.69, 9.17) is 4.74 Å². The minimum Gasteiger partial charge on any atom is -0.444 e. The van der Waals surface area contributed by atoms with Crippen molar-refractivity contribution in [1.29, 1.82) is 0 Å². The molecule has 0 aromatic heterocycles. The largest absolute Gasteiger partial charge is 0.444 e. The molecule has 1 heterocycles. The van der Waals surface area contributed by atoms with Crippen LogP contribution in [-0.2, 0) is 10.5 Å². The Bertz CT molecular complexity index is 842. The van der Waals surface area contributed by atoms with Crippen LogP contribution >= 0.6 is 11.9 Å². The van der Waals surface area contributed by atoms with Crippen molar-refractivity contribution in [3.63, 3.8) is 0 Å². The first kappa shape index (κ1) is 22.0. The maximum absolute atomic E-state index is 12.4. The van der Waals surface area contributed by atoms with Crippen molar-refractivity contribution in [2.75, 3.05) is 31.1 Å². The fourth-order valence-electron chi connectivity index (χ4n) is 3.12. The van der Waals surface area contributed by atoms with E-state index in [0.717, 1.165) is 24.5 Å². The zero-order valence-electron chi connectivity index (χ0n) is 17.8. The second kappa shape index (κ2) is 9.89. The molecule has 1 aliphatic rings. The lowest BCUT2D eigenvalue weighted by Gasteiger charge is -2.36. The Morgan fingerprint density at radius 2 is 1.60 bits per heavy atom. The number of carbonyl (C=O) groups is 2. The summed E-state index contributed by atoms with van der Waals surface area (Å²) in [7, 11) is 0. The second-order valence-electron chi connectivity index (χ2n) is 8.21. The van der Waals surface area contributed by atoms with E-state index in [0.29, 0.717) is 18.7 Å². The van der Waals surface area contributed by atoms with Gasteiger partial charge in [-0.1, -0.05) is 30.3 Å². The Hall–Kier alpha value is -2.67. The highest BCUT2D eigenvalue weighted by Gasteiger charge is 2.26. The molecule has 7 heteroatoms. The third kappa shape index (κ3) is 6.42. The topological polar surface area (TPSA) is 61.9 Å². The van der Waals surface area contributed by atoms with Gasteiger partial charge < -0.3 is 14.5 Å². The van der Waals surface area contributed by atoms with Crippen LogP contribution in [0.15, 0.2) is 54.6 Å². The highest BCUT2D eigenvalue weighted by atomic mass is 32.2. The van der Waals surface area contributed by atoms with Crippen LogP contribution in [0.2, 0.25) is 0 Å². The molecule has 0 bridgehead atoms. The van der Waals surface area contributed by atoms with Crippen LogP contribution in [0.3, 0.4) is 0 Å². The maximum atomic E-state index is 12.4. The standard InChI is InChI=1S/C23H29N3O3S/c1-23(2,3)29-22(28)26-15-13-25(14-16-26)20-11-9-19(10-12-20)21(27)24-30-17-18-7-5-4-6-8-18/h4-12H,13-17H2,1-3H3,(H,24,27). The Labute approximate surface area is 182 Å². The molecular formula is C23H29N3O3S. The summed E-state index contributed by atoms with van der Waals surface area (Å²) in [5.74, 6) is 0.629. The molecule has 0 atom stereocenters. The van der Waals surface area contributed by atoms with Crippen LogP contribution in [0.25, 0.3) is 0 Å². The van der Waals surface area contributed by atoms with Crippen LogP contribution in [0.1, 0.15) is 36.7 Å². The number of amides is 2. The van der Waals surface area contributed by atoms with Gasteiger partial charge in [0, 0.05) is 43.2 Å². The van der Waals surface area contributed by atoms with Crippen LogP contribution in [0, 0.1) is 0 Å². The van der Waals surface area contributed by atoms with Crippen molar-refractivity contribution >= 4 is 29.6 Å². The van der Waals surface area contributed by atoms with Gasteiger partial charge in [-0.15, -0.1) is 0 Å². The molecule has 2 amide bonds. The quantitative estimate of drug-likeness (QED) is 0.720. The fraction of sp³-hybridized carbons (Fsp3) is 0.391. The minimum absolute atomic E-state index is 0.0998. The fourth-order valence-corrected chi connectivity index (χ4v) is 3.80. The summed E-state index contributed by atoms with van der Waals surface area (Å²) < 4.78 is 8.33. The molecule has 1 N–H and O–H groups in total. The van der Waals surface area contributed by atoms with E-state index in [-0.39, 0.29) is 12.0 Å². The molecule has 160 valence electrons. The third-order valence-corrected chi connectivity index (χ3v) is 5.48. The van der Waals surface area contributed by atoms with Crippen molar-refractivity contribution in [3.8, 4) is 0 Å². The lowest BCUT2D eigenvalue weighted by molar-refractivity contribution is 0.0240. The second-order valence-corrected chi connectivity index (χ2v) is 8.99. The van der Waals surface area contributed by atoms with Crippen LogP contribution in [0.5, 0.6) is 0 Å². The Kier molecular flexibility index (Phi) is 7.26. The third-order valence-electron chi connectivity index (χ3n) is 4.67. The molecule has 2 aromatic rings. The van der Waals surface area contributed by atoms with E-state index in [1.807, 2.05) is 75.4 Å². The lowest BCUT2D eigenvalue weighted by atomic mass is 10.1. The number of piperazine rings is 1. The average molecular weight is 428 g/mol. The van der Waals surface area contributed by atoms with Gasteiger partial charge in [0.05, 0.1) is 0 Å². The minimum atomic E-state index is -0.482. The first-order valence-corrected chi connectivity index (χ1v) is 11.1. The number of nitrogens with one attached hydrogen (secondary N) is 1. The van der Waals surface area contributed by atoms with Crippen LogP contribution < -0.4 is 9.62 Å². The molecule has 1 saturated heterocycles. The average Bonchev–Trinajstić information content (AvgIpc) is 2.73. The van der Waals surface area contributed by atoms with E-state index in [1.165, 1.54) is 17.5 Å². The van der Waals surface area contributed by atoms with Crippen molar-refractivity contribution in [3.05, 3.63) is 65.7 Å². The summed E-state index contributed by atoms with van der Waals surface area (Å²) in [4.78, 5) is 28.5. The lowest BCUT2D eigenvalue weighted by Crippen LogP contribution is -2.50. The molecule has 0 spiro atoms. The first-order valence-electron chi connectivity index (χ1n) is 10.1. The molecule has 3 rings (SSSR count). The zero-order valence-corrected chi connectivity index (χ0v) is 18.6. The monoisotopic (exact) mass is 427 g/mol. The molecule has 1 aliphatic heterocycles. The van der Waals surface area contributed by atoms with Crippen molar-refractivity contribution in [2.45, 2.75) is 32.1 Å². The van der Waals surface area contributed by atoms with E-state index in [1.54, 1.807) is 4.90 Å². The summed E-state index contributed by atoms with van der Waals surface area (Å²) >= 11 is 1.39. The molecule has 30 heavy (non-hydrogen) atoms. The van der Waals surface area contributed by atoms with Gasteiger partial charge in [0.25, 0.3) is 5.91 Å². The highest BCUT2D eigenvalue weighted by Crippen LogP contribution is 2.19. The summed E-state index contributed by atoms with van der Waals surface area (Å²) in [6, 6.07) is 17.6. The number of benzene rings is 2. The number of hydrogen-bond acceptors (Lipinski definition) is 5. The molecule has 2 aromatic carbocycles. The van der Waals surface area contributed by atoms with Gasteiger partial charge in [-0.3, -0.25) is 9.52 Å². The van der Waals surface area contributed by atoms with Gasteiger partial charge in [0.15, 0.2) is 0 Å². The van der Waals surface area contributed by atoms with Crippen molar-refractivity contribution < 1.29 is 14.3 Å². The van der Waals surface area contributed by atoms with E-state index in [2.05, 4.69) is 9.62 Å². The Morgan fingerprint density at radius 3 is 2.20 bits per heavy atom. The van der Waals surface area contributed by atoms with E-state index in [9.17, 15) is 9.59 Å². The first-order chi connectivity index (χ1) is 14.3. The van der Waals surface area contributed by atoms with E-state index < -0.39 is 5.60 Å². The van der Waals surface area contributed by atoms with Crippen molar-refractivity contribution in [1.82, 2.24) is 9.62 Å². The number of nitrogens with zero attached hydrogens (tertiary/aromatic N) is 2. The Morgan fingerprint density at radius 1 is 0.967 bits per heavy atom. The summed E-state index contributed by atoms with van der Waals surface area (Å²) in [6.45, 7) is 8.33. The summed E-state index contributed by atoms with van der Waals surface area (Å²) in [5, 5.41) is 0. The molecule has 0 unspecified atom stereocenters. The van der Waals surface area contributed by atoms with E-state index >= 15 is 0 Å². The van der Waals surface area contributed by atoms with Crippen LogP contribution in [-0.4, -0.2) is 48.7 Å². The van der Waals surface area contributed by atoms with Gasteiger partial charge in [-0.25, -0.2) is 4.79 Å². The van der Waals surface area contributed by atoms with Crippen LogP contribution in [0.4, 0.5) is 10.5 Å². The van der Waals surface area contributed by atoms with Gasteiger partial charge >= 0.3 is 6.09 Å².